The van der Waals surface area contributed by atoms with Gasteiger partial charge in [-0.25, -0.2) is 0 Å². The van der Waals surface area contributed by atoms with Gasteiger partial charge in [0.15, 0.2) is 5.76 Å². The highest BCUT2D eigenvalue weighted by atomic mass is 16.5. The molecule has 1 aliphatic rings. The number of hydrogen-bond acceptors (Lipinski definition) is 4. The molecule has 0 saturated heterocycles. The van der Waals surface area contributed by atoms with Crippen molar-refractivity contribution in [2.75, 3.05) is 7.11 Å². The molecule has 0 unspecified atom stereocenters. The molecule has 4 rings (SSSR count). The third-order valence-electron chi connectivity index (χ3n) is 7.00. The van der Waals surface area contributed by atoms with E-state index in [0.29, 0.717) is 5.75 Å². The monoisotopic (exact) mass is 502 g/mol. The lowest BCUT2D eigenvalue weighted by molar-refractivity contribution is -0.126. The van der Waals surface area contributed by atoms with Crippen LogP contribution in [0.4, 0.5) is 0 Å². The van der Waals surface area contributed by atoms with Crippen LogP contribution in [-0.4, -0.2) is 29.9 Å². The summed E-state index contributed by atoms with van der Waals surface area (Å²) in [7, 11) is 1.61. The largest absolute Gasteiger partial charge is 0.497 e. The zero-order valence-corrected chi connectivity index (χ0v) is 22.5. The van der Waals surface area contributed by atoms with E-state index < -0.39 is 6.04 Å². The number of aryl methyl sites for hydroxylation is 1. The average Bonchev–Trinajstić information content (AvgIpc) is 3.53. The van der Waals surface area contributed by atoms with Crippen molar-refractivity contribution in [2.24, 2.45) is 0 Å². The van der Waals surface area contributed by atoms with E-state index in [1.165, 1.54) is 0 Å². The van der Waals surface area contributed by atoms with Gasteiger partial charge in [-0.15, -0.1) is 0 Å². The number of ether oxygens (including phenoxy) is 1. The molecule has 1 aliphatic carbocycles. The Bertz CT molecular complexity index is 1200. The van der Waals surface area contributed by atoms with Gasteiger partial charge in [0.2, 0.25) is 5.91 Å². The summed E-state index contributed by atoms with van der Waals surface area (Å²) in [4.78, 5) is 29.8. The van der Waals surface area contributed by atoms with Crippen molar-refractivity contribution >= 4 is 11.8 Å². The fourth-order valence-electron chi connectivity index (χ4n) is 4.86. The molecule has 1 aromatic heterocycles. The predicted octanol–water partition coefficient (Wildman–Crippen LogP) is 6.34. The standard InChI is InChI=1S/C31H38N2O4/c1-21-19-26(31(2,3)4)37-28(21)30(35)33(20-22-11-7-6-8-12-22)27(23-15-17-25(36-5)18-16-23)29(34)32-24-13-9-10-14-24/h6-8,11-12,15-19,24,27H,9-10,13-14,20H2,1-5H3,(H,32,34)/t27-/m0/s1. The molecular weight excluding hydrogens is 464 g/mol. The second-order valence-electron chi connectivity index (χ2n) is 11.0. The first-order chi connectivity index (χ1) is 17.7. The molecule has 1 atom stereocenters. The smallest absolute Gasteiger partial charge is 0.291 e. The summed E-state index contributed by atoms with van der Waals surface area (Å²) in [5, 5.41) is 3.23. The maximum absolute atomic E-state index is 14.2. The van der Waals surface area contributed by atoms with Crippen LogP contribution in [0.2, 0.25) is 0 Å². The van der Waals surface area contributed by atoms with Crippen molar-refractivity contribution in [2.45, 2.75) is 77.4 Å². The Morgan fingerprint density at radius 1 is 1.05 bits per heavy atom. The van der Waals surface area contributed by atoms with Crippen LogP contribution in [0.15, 0.2) is 65.1 Å². The van der Waals surface area contributed by atoms with Crippen LogP contribution in [0.3, 0.4) is 0 Å². The van der Waals surface area contributed by atoms with Crippen molar-refractivity contribution in [3.8, 4) is 5.75 Å². The molecule has 2 amide bonds. The zero-order valence-electron chi connectivity index (χ0n) is 22.5. The molecule has 0 spiro atoms. The normalized spacial score (nSPS) is 14.8. The van der Waals surface area contributed by atoms with Crippen LogP contribution in [0.1, 0.15) is 85.5 Å². The summed E-state index contributed by atoms with van der Waals surface area (Å²) in [6, 6.07) is 18.3. The number of carbonyl (C=O) groups excluding carboxylic acids is 2. The van der Waals surface area contributed by atoms with E-state index in [0.717, 1.165) is 48.1 Å². The van der Waals surface area contributed by atoms with E-state index in [1.54, 1.807) is 12.0 Å². The maximum atomic E-state index is 14.2. The van der Waals surface area contributed by atoms with Crippen LogP contribution < -0.4 is 10.1 Å². The molecule has 1 saturated carbocycles. The number of benzene rings is 2. The Labute approximate surface area is 220 Å². The summed E-state index contributed by atoms with van der Waals surface area (Å²) in [5.41, 5.74) is 2.17. The van der Waals surface area contributed by atoms with Gasteiger partial charge in [0.1, 0.15) is 17.6 Å². The highest BCUT2D eigenvalue weighted by Crippen LogP contribution is 2.32. The molecular formula is C31H38N2O4. The van der Waals surface area contributed by atoms with E-state index in [4.69, 9.17) is 9.15 Å². The van der Waals surface area contributed by atoms with Gasteiger partial charge in [-0.05, 0) is 49.1 Å². The first kappa shape index (κ1) is 26.5. The number of rotatable bonds is 8. The van der Waals surface area contributed by atoms with E-state index in [2.05, 4.69) is 26.1 Å². The molecule has 1 fully saturated rings. The number of amides is 2. The van der Waals surface area contributed by atoms with Crippen molar-refractivity contribution in [3.63, 3.8) is 0 Å². The quantitative estimate of drug-likeness (QED) is 0.390. The number of methoxy groups -OCH3 is 1. The fraction of sp³-hybridized carbons (Fsp3) is 0.419. The van der Waals surface area contributed by atoms with Crippen molar-refractivity contribution < 1.29 is 18.7 Å². The van der Waals surface area contributed by atoms with Gasteiger partial charge in [-0.3, -0.25) is 9.59 Å². The van der Waals surface area contributed by atoms with E-state index in [1.807, 2.05) is 67.6 Å². The Morgan fingerprint density at radius 3 is 2.27 bits per heavy atom. The number of furan rings is 1. The second kappa shape index (κ2) is 11.2. The molecule has 1 N–H and O–H groups in total. The number of nitrogens with one attached hydrogen (secondary N) is 1. The van der Waals surface area contributed by atoms with E-state index in [-0.39, 0.29) is 35.6 Å². The third kappa shape index (κ3) is 6.24. The van der Waals surface area contributed by atoms with Gasteiger partial charge < -0.3 is 19.4 Å². The molecule has 6 heteroatoms. The first-order valence-electron chi connectivity index (χ1n) is 13.1. The molecule has 0 aliphatic heterocycles. The van der Waals surface area contributed by atoms with Crippen LogP contribution in [0.5, 0.6) is 5.75 Å². The minimum atomic E-state index is -0.832. The Morgan fingerprint density at radius 2 is 1.70 bits per heavy atom. The van der Waals surface area contributed by atoms with Crippen molar-refractivity contribution in [3.05, 3.63) is 88.9 Å². The summed E-state index contributed by atoms with van der Waals surface area (Å²) in [5.74, 6) is 1.22. The molecule has 0 radical (unpaired) electrons. The van der Waals surface area contributed by atoms with Crippen molar-refractivity contribution in [1.82, 2.24) is 10.2 Å². The maximum Gasteiger partial charge on any atom is 0.291 e. The average molecular weight is 503 g/mol. The number of carbonyl (C=O) groups is 2. The van der Waals surface area contributed by atoms with E-state index in [9.17, 15) is 9.59 Å². The lowest BCUT2D eigenvalue weighted by Gasteiger charge is -2.32. The fourth-order valence-corrected chi connectivity index (χ4v) is 4.86. The summed E-state index contributed by atoms with van der Waals surface area (Å²) >= 11 is 0. The van der Waals surface area contributed by atoms with Gasteiger partial charge in [0.25, 0.3) is 5.91 Å². The van der Waals surface area contributed by atoms with Gasteiger partial charge >= 0.3 is 0 Å². The highest BCUT2D eigenvalue weighted by molar-refractivity contribution is 5.97. The SMILES string of the molecule is COc1ccc([C@@H](C(=O)NC2CCCC2)N(Cc2ccccc2)C(=O)c2oc(C(C)(C)C)cc2C)cc1. The highest BCUT2D eigenvalue weighted by Gasteiger charge is 2.36. The molecule has 6 nitrogen and oxygen atoms in total. The molecule has 196 valence electrons. The van der Waals surface area contributed by atoms with Crippen LogP contribution in [-0.2, 0) is 16.8 Å². The van der Waals surface area contributed by atoms with Gasteiger partial charge in [0, 0.05) is 23.6 Å². The molecule has 1 heterocycles. The van der Waals surface area contributed by atoms with Crippen LogP contribution >= 0.6 is 0 Å². The summed E-state index contributed by atoms with van der Waals surface area (Å²) in [6.45, 7) is 8.30. The molecule has 0 bridgehead atoms. The van der Waals surface area contributed by atoms with Crippen LogP contribution in [0, 0.1) is 6.92 Å². The van der Waals surface area contributed by atoms with Gasteiger partial charge in [-0.1, -0.05) is 76.1 Å². The van der Waals surface area contributed by atoms with Crippen molar-refractivity contribution in [1.29, 1.82) is 0 Å². The zero-order chi connectivity index (χ0) is 26.6. The molecule has 37 heavy (non-hydrogen) atoms. The third-order valence-corrected chi connectivity index (χ3v) is 7.00. The summed E-state index contributed by atoms with van der Waals surface area (Å²) in [6.07, 6.45) is 4.12. The van der Waals surface area contributed by atoms with Gasteiger partial charge in [-0.2, -0.15) is 0 Å². The first-order valence-corrected chi connectivity index (χ1v) is 13.1. The molecule has 3 aromatic rings. The minimum absolute atomic E-state index is 0.125. The van der Waals surface area contributed by atoms with E-state index >= 15 is 0 Å². The van der Waals surface area contributed by atoms with Crippen LogP contribution in [0.25, 0.3) is 0 Å². The minimum Gasteiger partial charge on any atom is -0.497 e. The lowest BCUT2D eigenvalue weighted by Crippen LogP contribution is -2.46. The Hall–Kier alpha value is -3.54. The van der Waals surface area contributed by atoms with Gasteiger partial charge in [0.05, 0.1) is 7.11 Å². The summed E-state index contributed by atoms with van der Waals surface area (Å²) < 4.78 is 11.5. The number of nitrogens with zero attached hydrogens (tertiary/aromatic N) is 1. The molecule has 2 aromatic carbocycles. The second-order valence-corrected chi connectivity index (χ2v) is 11.0. The number of hydrogen-bond donors (Lipinski definition) is 1. The Kier molecular flexibility index (Phi) is 8.06. The topological polar surface area (TPSA) is 71.8 Å². The Balaban J connectivity index is 1.79. The lowest BCUT2D eigenvalue weighted by atomic mass is 9.93. The predicted molar refractivity (Wildman–Crippen MR) is 145 cm³/mol.